The first-order valence-corrected chi connectivity index (χ1v) is 9.34. The molecule has 1 fully saturated rings. The SMILES string of the molecule is COc1ccc2ccccc2c1CNC(=O)N1CCCC(N(C)C)CC1. The van der Waals surface area contributed by atoms with Gasteiger partial charge in [0, 0.05) is 31.2 Å². The van der Waals surface area contributed by atoms with Crippen molar-refractivity contribution in [1.29, 1.82) is 0 Å². The smallest absolute Gasteiger partial charge is 0.317 e. The molecule has 2 aromatic rings. The molecule has 1 N–H and O–H groups in total. The van der Waals surface area contributed by atoms with Gasteiger partial charge in [-0.3, -0.25) is 0 Å². The third kappa shape index (κ3) is 4.10. The number of ether oxygens (including phenoxy) is 1. The van der Waals surface area contributed by atoms with Crippen LogP contribution in [0.25, 0.3) is 10.8 Å². The number of hydrogen-bond acceptors (Lipinski definition) is 3. The van der Waals surface area contributed by atoms with Gasteiger partial charge in [-0.05, 0) is 50.2 Å². The van der Waals surface area contributed by atoms with Crippen LogP contribution in [0.15, 0.2) is 36.4 Å². The fourth-order valence-electron chi connectivity index (χ4n) is 3.76. The first-order valence-electron chi connectivity index (χ1n) is 9.34. The number of nitrogens with zero attached hydrogens (tertiary/aromatic N) is 2. The molecule has 1 aliphatic heterocycles. The number of hydrogen-bond donors (Lipinski definition) is 1. The summed E-state index contributed by atoms with van der Waals surface area (Å²) in [5.74, 6) is 0.813. The van der Waals surface area contributed by atoms with E-state index in [4.69, 9.17) is 4.74 Å². The zero-order valence-electron chi connectivity index (χ0n) is 16.0. The van der Waals surface area contributed by atoms with Gasteiger partial charge < -0.3 is 19.9 Å². The summed E-state index contributed by atoms with van der Waals surface area (Å²) in [5, 5.41) is 5.38. The van der Waals surface area contributed by atoms with E-state index >= 15 is 0 Å². The summed E-state index contributed by atoms with van der Waals surface area (Å²) in [7, 11) is 5.91. The number of amides is 2. The Hall–Kier alpha value is -2.27. The van der Waals surface area contributed by atoms with Gasteiger partial charge in [0.05, 0.1) is 7.11 Å². The van der Waals surface area contributed by atoms with Crippen LogP contribution in [0.2, 0.25) is 0 Å². The lowest BCUT2D eigenvalue weighted by molar-refractivity contribution is 0.197. The second-order valence-electron chi connectivity index (χ2n) is 7.16. The van der Waals surface area contributed by atoms with Crippen molar-refractivity contribution in [2.45, 2.75) is 31.8 Å². The average molecular weight is 355 g/mol. The standard InChI is InChI=1S/C21H29N3O2/c1-23(2)17-8-6-13-24(14-12-17)21(25)22-15-19-18-9-5-4-7-16(18)10-11-20(19)26-3/h4-5,7,9-11,17H,6,8,12-15H2,1-3H3,(H,22,25). The zero-order chi connectivity index (χ0) is 18.5. The number of carbonyl (C=O) groups is 1. The number of fused-ring (bicyclic) bond motifs is 1. The minimum Gasteiger partial charge on any atom is -0.496 e. The fraction of sp³-hybridized carbons (Fsp3) is 0.476. The number of rotatable bonds is 4. The lowest BCUT2D eigenvalue weighted by Crippen LogP contribution is -2.40. The Morgan fingerprint density at radius 3 is 2.77 bits per heavy atom. The van der Waals surface area contributed by atoms with E-state index in [1.807, 2.05) is 23.1 Å². The van der Waals surface area contributed by atoms with Crippen molar-refractivity contribution < 1.29 is 9.53 Å². The molecule has 1 unspecified atom stereocenters. The Kier molecular flexibility index (Phi) is 5.99. The van der Waals surface area contributed by atoms with E-state index in [1.54, 1.807) is 7.11 Å². The molecule has 1 aliphatic rings. The van der Waals surface area contributed by atoms with Crippen LogP contribution in [0.4, 0.5) is 4.79 Å². The van der Waals surface area contributed by atoms with Crippen molar-refractivity contribution in [3.63, 3.8) is 0 Å². The van der Waals surface area contributed by atoms with E-state index in [2.05, 4.69) is 42.5 Å². The van der Waals surface area contributed by atoms with Crippen LogP contribution in [-0.4, -0.2) is 56.2 Å². The summed E-state index contributed by atoms with van der Waals surface area (Å²) in [6.45, 7) is 2.10. The second-order valence-corrected chi connectivity index (χ2v) is 7.16. The molecule has 0 aliphatic carbocycles. The molecule has 140 valence electrons. The number of benzene rings is 2. The second kappa shape index (κ2) is 8.41. The van der Waals surface area contributed by atoms with E-state index in [-0.39, 0.29) is 6.03 Å². The molecule has 2 amide bonds. The van der Waals surface area contributed by atoms with Gasteiger partial charge in [-0.2, -0.15) is 0 Å². The van der Waals surface area contributed by atoms with E-state index in [0.717, 1.165) is 54.4 Å². The van der Waals surface area contributed by atoms with Crippen LogP contribution in [0.1, 0.15) is 24.8 Å². The van der Waals surface area contributed by atoms with E-state index < -0.39 is 0 Å². The Morgan fingerprint density at radius 1 is 1.19 bits per heavy atom. The number of likely N-dealkylation sites (tertiary alicyclic amines) is 1. The molecule has 1 heterocycles. The van der Waals surface area contributed by atoms with Gasteiger partial charge in [0.2, 0.25) is 0 Å². The highest BCUT2D eigenvalue weighted by atomic mass is 16.5. The van der Waals surface area contributed by atoms with Gasteiger partial charge in [-0.1, -0.05) is 30.3 Å². The maximum absolute atomic E-state index is 12.7. The summed E-state index contributed by atoms with van der Waals surface area (Å²) in [6, 6.07) is 12.8. The first-order chi connectivity index (χ1) is 12.6. The number of carbonyl (C=O) groups excluding carboxylic acids is 1. The molecule has 1 atom stereocenters. The van der Waals surface area contributed by atoms with Gasteiger partial charge in [0.1, 0.15) is 5.75 Å². The minimum absolute atomic E-state index is 0.0133. The molecule has 5 heteroatoms. The van der Waals surface area contributed by atoms with Crippen molar-refractivity contribution in [2.75, 3.05) is 34.3 Å². The normalized spacial score (nSPS) is 18.0. The molecular weight excluding hydrogens is 326 g/mol. The van der Waals surface area contributed by atoms with E-state index in [1.165, 1.54) is 0 Å². The molecular formula is C21H29N3O2. The van der Waals surface area contributed by atoms with Crippen LogP contribution in [0.3, 0.4) is 0 Å². The Balaban J connectivity index is 1.69. The summed E-state index contributed by atoms with van der Waals surface area (Å²) < 4.78 is 5.52. The van der Waals surface area contributed by atoms with Crippen LogP contribution in [-0.2, 0) is 6.54 Å². The number of nitrogens with one attached hydrogen (secondary N) is 1. The maximum atomic E-state index is 12.7. The van der Waals surface area contributed by atoms with Gasteiger partial charge >= 0.3 is 6.03 Å². The molecule has 0 spiro atoms. The van der Waals surface area contributed by atoms with Crippen LogP contribution in [0.5, 0.6) is 5.75 Å². The molecule has 3 rings (SSSR count). The molecule has 0 aromatic heterocycles. The topological polar surface area (TPSA) is 44.8 Å². The molecule has 2 aromatic carbocycles. The highest BCUT2D eigenvalue weighted by Gasteiger charge is 2.21. The lowest BCUT2D eigenvalue weighted by atomic mass is 10.0. The van der Waals surface area contributed by atoms with E-state index in [0.29, 0.717) is 12.6 Å². The third-order valence-corrected chi connectivity index (χ3v) is 5.35. The maximum Gasteiger partial charge on any atom is 0.317 e. The Labute approximate surface area is 155 Å². The van der Waals surface area contributed by atoms with Crippen molar-refractivity contribution in [3.8, 4) is 5.75 Å². The van der Waals surface area contributed by atoms with Crippen LogP contribution >= 0.6 is 0 Å². The van der Waals surface area contributed by atoms with Crippen LogP contribution < -0.4 is 10.1 Å². The van der Waals surface area contributed by atoms with Crippen LogP contribution in [0, 0.1) is 0 Å². The lowest BCUT2D eigenvalue weighted by Gasteiger charge is -2.24. The van der Waals surface area contributed by atoms with Crippen molar-refractivity contribution in [2.24, 2.45) is 0 Å². The highest BCUT2D eigenvalue weighted by molar-refractivity contribution is 5.88. The van der Waals surface area contributed by atoms with Gasteiger partial charge in [-0.15, -0.1) is 0 Å². The largest absolute Gasteiger partial charge is 0.496 e. The Morgan fingerprint density at radius 2 is 2.00 bits per heavy atom. The van der Waals surface area contributed by atoms with Gasteiger partial charge in [0.25, 0.3) is 0 Å². The first kappa shape index (κ1) is 18.5. The fourth-order valence-corrected chi connectivity index (χ4v) is 3.76. The Bertz CT molecular complexity index is 760. The molecule has 26 heavy (non-hydrogen) atoms. The molecule has 0 radical (unpaired) electrons. The van der Waals surface area contributed by atoms with Crippen molar-refractivity contribution >= 4 is 16.8 Å². The predicted octanol–water partition coefficient (Wildman–Crippen LogP) is 3.47. The number of methoxy groups -OCH3 is 1. The van der Waals surface area contributed by atoms with Gasteiger partial charge in [-0.25, -0.2) is 4.79 Å². The van der Waals surface area contributed by atoms with Crippen molar-refractivity contribution in [3.05, 3.63) is 42.0 Å². The van der Waals surface area contributed by atoms with Crippen molar-refractivity contribution in [1.82, 2.24) is 15.1 Å². The number of urea groups is 1. The summed E-state index contributed by atoms with van der Waals surface area (Å²) in [6.07, 6.45) is 3.22. The summed E-state index contributed by atoms with van der Waals surface area (Å²) in [4.78, 5) is 16.9. The monoisotopic (exact) mass is 355 g/mol. The highest BCUT2D eigenvalue weighted by Crippen LogP contribution is 2.28. The molecule has 0 bridgehead atoms. The molecule has 5 nitrogen and oxygen atoms in total. The summed E-state index contributed by atoms with van der Waals surface area (Å²) in [5.41, 5.74) is 1.03. The predicted molar refractivity (Wildman–Crippen MR) is 106 cm³/mol. The third-order valence-electron chi connectivity index (χ3n) is 5.35. The quantitative estimate of drug-likeness (QED) is 0.913. The zero-order valence-corrected chi connectivity index (χ0v) is 16.0. The minimum atomic E-state index is 0.0133. The molecule has 0 saturated carbocycles. The summed E-state index contributed by atoms with van der Waals surface area (Å²) >= 11 is 0. The van der Waals surface area contributed by atoms with Gasteiger partial charge in [0.15, 0.2) is 0 Å². The average Bonchev–Trinajstić information content (AvgIpc) is 2.92. The molecule has 1 saturated heterocycles. The van der Waals surface area contributed by atoms with E-state index in [9.17, 15) is 4.79 Å².